The highest BCUT2D eigenvalue weighted by molar-refractivity contribution is 5.69. The fourth-order valence-electron chi connectivity index (χ4n) is 2.67. The molecule has 0 saturated carbocycles. The molecule has 0 aliphatic carbocycles. The second-order valence-corrected chi connectivity index (χ2v) is 5.42. The second-order valence-electron chi connectivity index (χ2n) is 5.42. The number of nitrogens with two attached hydrogens (primary N) is 1. The molecule has 3 heterocycles. The van der Waals surface area contributed by atoms with E-state index >= 15 is 0 Å². The highest BCUT2D eigenvalue weighted by Crippen LogP contribution is 2.26. The minimum atomic E-state index is 0.264. The lowest BCUT2D eigenvalue weighted by Gasteiger charge is -2.07. The molecule has 5 nitrogen and oxygen atoms in total. The van der Waals surface area contributed by atoms with Crippen molar-refractivity contribution in [1.29, 1.82) is 0 Å². The fourth-order valence-corrected chi connectivity index (χ4v) is 2.67. The molecule has 1 aromatic carbocycles. The molecule has 4 aromatic rings. The Balaban J connectivity index is 1.93. The zero-order valence-electron chi connectivity index (χ0n) is 12.6. The van der Waals surface area contributed by atoms with E-state index in [0.717, 1.165) is 33.7 Å². The van der Waals surface area contributed by atoms with Crippen molar-refractivity contribution < 1.29 is 0 Å². The summed E-state index contributed by atoms with van der Waals surface area (Å²) in [6.45, 7) is 1.97. The third kappa shape index (κ3) is 2.32. The number of fused-ring (bicyclic) bond motifs is 1. The summed E-state index contributed by atoms with van der Waals surface area (Å²) in [6.07, 6.45) is 5.63. The van der Waals surface area contributed by atoms with Gasteiger partial charge in [-0.1, -0.05) is 30.3 Å². The van der Waals surface area contributed by atoms with Gasteiger partial charge in [0.15, 0.2) is 0 Å². The normalized spacial score (nSPS) is 11.0. The van der Waals surface area contributed by atoms with Gasteiger partial charge in [-0.05, 0) is 35.7 Å². The van der Waals surface area contributed by atoms with Crippen LogP contribution in [0.4, 0.5) is 5.95 Å². The second kappa shape index (κ2) is 5.21. The highest BCUT2D eigenvalue weighted by atomic mass is 15.0. The van der Waals surface area contributed by atoms with E-state index in [2.05, 4.69) is 39.3 Å². The smallest absolute Gasteiger partial charge is 0.220 e. The molecular formula is C18H15N5. The van der Waals surface area contributed by atoms with E-state index in [4.69, 9.17) is 5.73 Å². The monoisotopic (exact) mass is 301 g/mol. The van der Waals surface area contributed by atoms with Crippen molar-refractivity contribution in [3.05, 3.63) is 66.6 Å². The van der Waals surface area contributed by atoms with Crippen LogP contribution in [0, 0.1) is 6.92 Å². The first-order valence-corrected chi connectivity index (χ1v) is 7.34. The van der Waals surface area contributed by atoms with Crippen LogP contribution in [-0.4, -0.2) is 19.4 Å². The number of benzene rings is 1. The molecule has 112 valence electrons. The molecule has 3 aromatic heterocycles. The third-order valence-electron chi connectivity index (χ3n) is 3.85. The predicted octanol–water partition coefficient (Wildman–Crippen LogP) is 3.35. The summed E-state index contributed by atoms with van der Waals surface area (Å²) in [7, 11) is 0. The van der Waals surface area contributed by atoms with Crippen molar-refractivity contribution in [1.82, 2.24) is 19.4 Å². The highest BCUT2D eigenvalue weighted by Gasteiger charge is 2.12. The standard InChI is InChI=1S/C18H15N5/c1-12-9-21-18(19)22-17(12)15-10-20-16-8-7-14(11-23(15)16)13-5-3-2-4-6-13/h2-11H,1H3,(H2,19,21,22). The fraction of sp³-hybridized carbons (Fsp3) is 0.0556. The minimum absolute atomic E-state index is 0.264. The van der Waals surface area contributed by atoms with Crippen LogP contribution in [0.15, 0.2) is 61.1 Å². The van der Waals surface area contributed by atoms with E-state index < -0.39 is 0 Å². The maximum atomic E-state index is 5.75. The summed E-state index contributed by atoms with van der Waals surface area (Å²) in [5, 5.41) is 0. The van der Waals surface area contributed by atoms with Gasteiger partial charge < -0.3 is 5.73 Å². The van der Waals surface area contributed by atoms with E-state index in [9.17, 15) is 0 Å². The Morgan fingerprint density at radius 3 is 2.57 bits per heavy atom. The van der Waals surface area contributed by atoms with Crippen LogP contribution >= 0.6 is 0 Å². The number of aromatic nitrogens is 4. The molecule has 0 atom stereocenters. The first-order chi connectivity index (χ1) is 11.2. The third-order valence-corrected chi connectivity index (χ3v) is 3.85. The largest absolute Gasteiger partial charge is 0.368 e. The van der Waals surface area contributed by atoms with Crippen LogP contribution < -0.4 is 5.73 Å². The summed E-state index contributed by atoms with van der Waals surface area (Å²) in [4.78, 5) is 12.9. The molecule has 2 N–H and O–H groups in total. The predicted molar refractivity (Wildman–Crippen MR) is 90.8 cm³/mol. The maximum Gasteiger partial charge on any atom is 0.220 e. The first kappa shape index (κ1) is 13.5. The van der Waals surface area contributed by atoms with Crippen molar-refractivity contribution in [3.8, 4) is 22.5 Å². The van der Waals surface area contributed by atoms with E-state index in [0.29, 0.717) is 0 Å². The minimum Gasteiger partial charge on any atom is -0.368 e. The Bertz CT molecular complexity index is 989. The molecule has 4 rings (SSSR count). The summed E-state index contributed by atoms with van der Waals surface area (Å²) < 4.78 is 2.04. The Morgan fingerprint density at radius 1 is 0.913 bits per heavy atom. The topological polar surface area (TPSA) is 69.1 Å². The van der Waals surface area contributed by atoms with Gasteiger partial charge in [-0.15, -0.1) is 0 Å². The Morgan fingerprint density at radius 2 is 1.74 bits per heavy atom. The number of imidazole rings is 1. The Labute approximate surface area is 133 Å². The lowest BCUT2D eigenvalue weighted by molar-refractivity contribution is 1.11. The summed E-state index contributed by atoms with van der Waals surface area (Å²) in [5.74, 6) is 0.264. The molecule has 0 radical (unpaired) electrons. The van der Waals surface area contributed by atoms with Crippen molar-refractivity contribution in [2.45, 2.75) is 6.92 Å². The number of aryl methyl sites for hydroxylation is 1. The van der Waals surface area contributed by atoms with Crippen LogP contribution in [0.5, 0.6) is 0 Å². The van der Waals surface area contributed by atoms with E-state index in [1.165, 1.54) is 0 Å². The number of hydrogen-bond acceptors (Lipinski definition) is 4. The van der Waals surface area contributed by atoms with Gasteiger partial charge in [-0.2, -0.15) is 0 Å². The average molecular weight is 301 g/mol. The number of nitrogens with zero attached hydrogens (tertiary/aromatic N) is 4. The summed E-state index contributed by atoms with van der Waals surface area (Å²) in [6, 6.07) is 14.3. The lowest BCUT2D eigenvalue weighted by Crippen LogP contribution is -2.00. The number of rotatable bonds is 2. The van der Waals surface area contributed by atoms with E-state index in [1.54, 1.807) is 6.20 Å². The molecule has 0 spiro atoms. The quantitative estimate of drug-likeness (QED) is 0.616. The van der Waals surface area contributed by atoms with Crippen molar-refractivity contribution in [2.24, 2.45) is 0 Å². The molecule has 0 amide bonds. The van der Waals surface area contributed by atoms with Gasteiger partial charge in [-0.3, -0.25) is 4.40 Å². The van der Waals surface area contributed by atoms with Gasteiger partial charge in [0.2, 0.25) is 5.95 Å². The van der Waals surface area contributed by atoms with Gasteiger partial charge in [0.05, 0.1) is 17.6 Å². The molecule has 0 unspecified atom stereocenters. The Kier molecular flexibility index (Phi) is 3.05. The number of hydrogen-bond donors (Lipinski definition) is 1. The molecule has 0 fully saturated rings. The van der Waals surface area contributed by atoms with Crippen LogP contribution in [0.25, 0.3) is 28.2 Å². The van der Waals surface area contributed by atoms with Crippen LogP contribution in [0.2, 0.25) is 0 Å². The van der Waals surface area contributed by atoms with Gasteiger partial charge in [0.25, 0.3) is 0 Å². The van der Waals surface area contributed by atoms with E-state index in [-0.39, 0.29) is 5.95 Å². The molecule has 0 saturated heterocycles. The molecule has 23 heavy (non-hydrogen) atoms. The zero-order valence-corrected chi connectivity index (χ0v) is 12.6. The van der Waals surface area contributed by atoms with Crippen LogP contribution in [0.1, 0.15) is 5.56 Å². The molecule has 5 heteroatoms. The van der Waals surface area contributed by atoms with Crippen molar-refractivity contribution >= 4 is 11.6 Å². The molecular weight excluding hydrogens is 286 g/mol. The SMILES string of the molecule is Cc1cnc(N)nc1-c1cnc2ccc(-c3ccccc3)cn12. The molecule has 0 aliphatic heterocycles. The van der Waals surface area contributed by atoms with Gasteiger partial charge >= 0.3 is 0 Å². The van der Waals surface area contributed by atoms with Crippen LogP contribution in [-0.2, 0) is 0 Å². The molecule has 0 aliphatic rings. The van der Waals surface area contributed by atoms with Gasteiger partial charge in [0, 0.05) is 12.4 Å². The van der Waals surface area contributed by atoms with Crippen LogP contribution in [0.3, 0.4) is 0 Å². The maximum absolute atomic E-state index is 5.75. The van der Waals surface area contributed by atoms with E-state index in [1.807, 2.05) is 41.8 Å². The number of pyridine rings is 1. The number of anilines is 1. The van der Waals surface area contributed by atoms with Crippen molar-refractivity contribution in [2.75, 3.05) is 5.73 Å². The zero-order chi connectivity index (χ0) is 15.8. The average Bonchev–Trinajstić information content (AvgIpc) is 3.01. The van der Waals surface area contributed by atoms with Gasteiger partial charge in [-0.25, -0.2) is 15.0 Å². The molecule has 0 bridgehead atoms. The number of nitrogen functional groups attached to an aromatic ring is 1. The summed E-state index contributed by atoms with van der Waals surface area (Å²) in [5.41, 5.74) is 11.6. The lowest BCUT2D eigenvalue weighted by atomic mass is 10.1. The first-order valence-electron chi connectivity index (χ1n) is 7.34. The van der Waals surface area contributed by atoms with Crippen molar-refractivity contribution in [3.63, 3.8) is 0 Å². The van der Waals surface area contributed by atoms with Gasteiger partial charge in [0.1, 0.15) is 5.65 Å². The summed E-state index contributed by atoms with van der Waals surface area (Å²) >= 11 is 0. The Hall–Kier alpha value is -3.21.